The number of rotatable bonds is 6. The quantitative estimate of drug-likeness (QED) is 0.550. The first-order valence-electron chi connectivity index (χ1n) is 10.3. The molecule has 1 saturated heterocycles. The van der Waals surface area contributed by atoms with E-state index >= 15 is 0 Å². The Morgan fingerprint density at radius 3 is 2.30 bits per heavy atom. The molecule has 10 heteroatoms. The number of piperidine rings is 1. The maximum absolute atomic E-state index is 13.5. The fraction of sp³-hybridized carbons (Fsp3) is 0.261. The molecule has 0 aliphatic carbocycles. The summed E-state index contributed by atoms with van der Waals surface area (Å²) in [6.07, 6.45) is 0.574. The SMILES string of the molecule is O=C(N[C@H](c1ccc(F)cc1)c1cccs1)C1CCN(S(=O)(=O)c2ccc(F)c(F)c2)CC1. The van der Waals surface area contributed by atoms with Crippen molar-refractivity contribution < 1.29 is 26.4 Å². The van der Waals surface area contributed by atoms with E-state index in [1.54, 1.807) is 12.1 Å². The predicted octanol–water partition coefficient (Wildman–Crippen LogP) is 4.47. The third-order valence-electron chi connectivity index (χ3n) is 5.67. The Labute approximate surface area is 193 Å². The second-order valence-corrected chi connectivity index (χ2v) is 10.7. The van der Waals surface area contributed by atoms with Crippen LogP contribution < -0.4 is 5.32 Å². The second-order valence-electron chi connectivity index (χ2n) is 7.76. The molecule has 0 saturated carbocycles. The minimum atomic E-state index is -3.99. The molecule has 0 unspecified atom stereocenters. The molecule has 1 aliphatic heterocycles. The molecule has 2 aromatic carbocycles. The van der Waals surface area contributed by atoms with Gasteiger partial charge in [-0.1, -0.05) is 18.2 Å². The highest BCUT2D eigenvalue weighted by molar-refractivity contribution is 7.89. The average Bonchev–Trinajstić information content (AvgIpc) is 3.34. The first-order valence-corrected chi connectivity index (χ1v) is 12.6. The van der Waals surface area contributed by atoms with E-state index in [9.17, 15) is 26.4 Å². The molecule has 5 nitrogen and oxygen atoms in total. The molecule has 1 N–H and O–H groups in total. The summed E-state index contributed by atoms with van der Waals surface area (Å²) >= 11 is 1.47. The number of sulfonamides is 1. The van der Waals surface area contributed by atoms with Gasteiger partial charge in [0.1, 0.15) is 5.82 Å². The van der Waals surface area contributed by atoms with Crippen molar-refractivity contribution in [2.45, 2.75) is 23.8 Å². The molecule has 0 bridgehead atoms. The van der Waals surface area contributed by atoms with Gasteiger partial charge >= 0.3 is 0 Å². The number of hydrogen-bond acceptors (Lipinski definition) is 4. The molecule has 3 aromatic rings. The summed E-state index contributed by atoms with van der Waals surface area (Å²) in [4.78, 5) is 13.6. The summed E-state index contributed by atoms with van der Waals surface area (Å²) in [7, 11) is -3.99. The smallest absolute Gasteiger partial charge is 0.243 e. The van der Waals surface area contributed by atoms with E-state index in [1.165, 1.54) is 27.8 Å². The fourth-order valence-corrected chi connectivity index (χ4v) is 6.12. The van der Waals surface area contributed by atoms with E-state index in [-0.39, 0.29) is 42.6 Å². The van der Waals surface area contributed by atoms with Gasteiger partial charge in [0, 0.05) is 23.9 Å². The number of benzene rings is 2. The van der Waals surface area contributed by atoms with Crippen LogP contribution in [0.3, 0.4) is 0 Å². The number of thiophene rings is 1. The zero-order valence-corrected chi connectivity index (χ0v) is 19.0. The number of nitrogens with one attached hydrogen (secondary N) is 1. The van der Waals surface area contributed by atoms with E-state index in [0.717, 1.165) is 22.6 Å². The van der Waals surface area contributed by atoms with Crippen LogP contribution >= 0.6 is 11.3 Å². The van der Waals surface area contributed by atoms with E-state index in [2.05, 4.69) is 5.32 Å². The Hall–Kier alpha value is -2.69. The number of carbonyl (C=O) groups excluding carboxylic acids is 1. The molecule has 4 rings (SSSR count). The van der Waals surface area contributed by atoms with Crippen LogP contribution in [0.5, 0.6) is 0 Å². The number of hydrogen-bond donors (Lipinski definition) is 1. The largest absolute Gasteiger partial charge is 0.344 e. The van der Waals surface area contributed by atoms with Gasteiger partial charge in [0.05, 0.1) is 10.9 Å². The Bertz CT molecular complexity index is 1220. The summed E-state index contributed by atoms with van der Waals surface area (Å²) in [5.74, 6) is -3.35. The predicted molar refractivity (Wildman–Crippen MR) is 119 cm³/mol. The molecule has 1 atom stereocenters. The summed E-state index contributed by atoms with van der Waals surface area (Å²) in [6.45, 7) is 0.166. The zero-order chi connectivity index (χ0) is 23.6. The Balaban J connectivity index is 1.44. The highest BCUT2D eigenvalue weighted by Crippen LogP contribution is 2.29. The van der Waals surface area contributed by atoms with Gasteiger partial charge in [0.2, 0.25) is 15.9 Å². The number of nitrogens with zero attached hydrogens (tertiary/aromatic N) is 1. The van der Waals surface area contributed by atoms with Crippen LogP contribution in [0.15, 0.2) is 64.9 Å². The van der Waals surface area contributed by atoms with Crippen LogP contribution in [0, 0.1) is 23.4 Å². The molecule has 1 aromatic heterocycles. The molecule has 174 valence electrons. The number of amides is 1. The zero-order valence-electron chi connectivity index (χ0n) is 17.4. The highest BCUT2D eigenvalue weighted by Gasteiger charge is 2.33. The van der Waals surface area contributed by atoms with Crippen molar-refractivity contribution in [3.63, 3.8) is 0 Å². The van der Waals surface area contributed by atoms with Gasteiger partial charge in [-0.3, -0.25) is 4.79 Å². The number of carbonyl (C=O) groups is 1. The molecule has 1 fully saturated rings. The Kier molecular flexibility index (Phi) is 6.87. The Morgan fingerprint density at radius 1 is 1.00 bits per heavy atom. The normalized spacial score (nSPS) is 16.5. The molecule has 1 amide bonds. The van der Waals surface area contributed by atoms with Gasteiger partial charge in [0.15, 0.2) is 11.6 Å². The monoisotopic (exact) mass is 494 g/mol. The minimum absolute atomic E-state index is 0.0830. The van der Waals surface area contributed by atoms with Gasteiger partial charge in [-0.05, 0) is 60.2 Å². The summed E-state index contributed by atoms with van der Waals surface area (Å²) < 4.78 is 66.8. The maximum Gasteiger partial charge on any atom is 0.243 e. The molecule has 1 aliphatic rings. The van der Waals surface area contributed by atoms with E-state index in [1.807, 2.05) is 17.5 Å². The van der Waals surface area contributed by atoms with Crippen LogP contribution in [-0.4, -0.2) is 31.7 Å². The standard InChI is InChI=1S/C23H21F3N2O3S2/c24-17-5-3-15(4-6-17)22(21-2-1-13-32-21)27-23(29)16-9-11-28(12-10-16)33(30,31)18-7-8-19(25)20(26)14-18/h1-8,13-14,16,22H,9-12H2,(H,27,29)/t22-/m1/s1. The van der Waals surface area contributed by atoms with E-state index < -0.39 is 33.6 Å². The van der Waals surface area contributed by atoms with Crippen LogP contribution in [0.1, 0.15) is 29.3 Å². The lowest BCUT2D eigenvalue weighted by atomic mass is 9.96. The molecular weight excluding hydrogens is 473 g/mol. The maximum atomic E-state index is 13.5. The van der Waals surface area contributed by atoms with Gasteiger partial charge in [-0.25, -0.2) is 21.6 Å². The van der Waals surface area contributed by atoms with Crippen LogP contribution in [0.2, 0.25) is 0 Å². The minimum Gasteiger partial charge on any atom is -0.344 e. The first-order chi connectivity index (χ1) is 15.8. The fourth-order valence-electron chi connectivity index (χ4n) is 3.83. The summed E-state index contributed by atoms with van der Waals surface area (Å²) in [5, 5.41) is 4.90. The van der Waals surface area contributed by atoms with Crippen LogP contribution in [0.25, 0.3) is 0 Å². The van der Waals surface area contributed by atoms with E-state index in [4.69, 9.17) is 0 Å². The first kappa shape index (κ1) is 23.5. The van der Waals surface area contributed by atoms with Crippen molar-refractivity contribution in [1.29, 1.82) is 0 Å². The van der Waals surface area contributed by atoms with Crippen molar-refractivity contribution in [2.75, 3.05) is 13.1 Å². The second kappa shape index (κ2) is 9.66. The molecular formula is C23H21F3N2O3S2. The molecule has 33 heavy (non-hydrogen) atoms. The average molecular weight is 495 g/mol. The number of halogens is 3. The molecule has 2 heterocycles. The molecule has 0 radical (unpaired) electrons. The Morgan fingerprint density at radius 2 is 1.70 bits per heavy atom. The van der Waals surface area contributed by atoms with Crippen molar-refractivity contribution in [2.24, 2.45) is 5.92 Å². The lowest BCUT2D eigenvalue weighted by Crippen LogP contribution is -2.43. The summed E-state index contributed by atoms with van der Waals surface area (Å²) in [6, 6.07) is 11.7. The summed E-state index contributed by atoms with van der Waals surface area (Å²) in [5.41, 5.74) is 0.741. The van der Waals surface area contributed by atoms with Crippen LogP contribution in [0.4, 0.5) is 13.2 Å². The van der Waals surface area contributed by atoms with Gasteiger partial charge in [-0.2, -0.15) is 4.31 Å². The molecule has 0 spiro atoms. The van der Waals surface area contributed by atoms with Crippen molar-refractivity contribution in [1.82, 2.24) is 9.62 Å². The van der Waals surface area contributed by atoms with Gasteiger partial charge < -0.3 is 5.32 Å². The van der Waals surface area contributed by atoms with Crippen molar-refractivity contribution in [3.8, 4) is 0 Å². The van der Waals surface area contributed by atoms with Gasteiger partial charge in [-0.15, -0.1) is 11.3 Å². The third kappa shape index (κ3) is 5.13. The van der Waals surface area contributed by atoms with Crippen molar-refractivity contribution in [3.05, 3.63) is 87.9 Å². The lowest BCUT2D eigenvalue weighted by molar-refractivity contribution is -0.126. The third-order valence-corrected chi connectivity index (χ3v) is 8.50. The highest BCUT2D eigenvalue weighted by atomic mass is 32.2. The lowest BCUT2D eigenvalue weighted by Gasteiger charge is -2.31. The topological polar surface area (TPSA) is 66.5 Å². The van der Waals surface area contributed by atoms with Crippen molar-refractivity contribution >= 4 is 27.3 Å². The van der Waals surface area contributed by atoms with Gasteiger partial charge in [0.25, 0.3) is 0 Å². The van der Waals surface area contributed by atoms with E-state index in [0.29, 0.717) is 6.07 Å². The van der Waals surface area contributed by atoms with Crippen LogP contribution in [-0.2, 0) is 14.8 Å².